The lowest BCUT2D eigenvalue weighted by Crippen LogP contribution is -2.51. The van der Waals surface area contributed by atoms with Crippen LogP contribution in [0.1, 0.15) is 93.0 Å². The Morgan fingerprint density at radius 3 is 1.35 bits per heavy atom. The lowest BCUT2D eigenvalue weighted by atomic mass is 9.94. The van der Waals surface area contributed by atoms with Crippen molar-refractivity contribution in [2.75, 3.05) is 65.6 Å². The van der Waals surface area contributed by atoms with Crippen molar-refractivity contribution >= 4 is 55.0 Å². The van der Waals surface area contributed by atoms with Gasteiger partial charge in [0, 0.05) is 6.42 Å². The number of rotatable bonds is 21. The SMILES string of the molecule is CCCC[N+](CC)(CCC)CCOC(=O)c1c2ccccc2cc2cc(CCC[N+](CC)(CCC)CCOC(=O)c3c4ccccc4cc4ccccc34)ccc12. The summed E-state index contributed by atoms with van der Waals surface area (Å²) in [6, 6.07) is 35.3. The summed E-state index contributed by atoms with van der Waals surface area (Å²) in [6.45, 7) is 20.0. The highest BCUT2D eigenvalue weighted by molar-refractivity contribution is 6.17. The number of carbonyl (C=O) groups is 2. The Hall–Kier alpha value is -4.78. The maximum atomic E-state index is 13.9. The van der Waals surface area contributed by atoms with E-state index in [1.165, 1.54) is 18.4 Å². The van der Waals surface area contributed by atoms with Crippen LogP contribution in [-0.4, -0.2) is 86.5 Å². The van der Waals surface area contributed by atoms with E-state index in [9.17, 15) is 9.59 Å². The number of unbranched alkanes of at least 4 members (excludes halogenated alkanes) is 1. The number of carbonyl (C=O) groups excluding carboxylic acids is 2. The third kappa shape index (κ3) is 9.68. The number of hydrogen-bond acceptors (Lipinski definition) is 4. The molecule has 0 fully saturated rings. The Morgan fingerprint density at radius 2 is 0.895 bits per heavy atom. The molecule has 300 valence electrons. The fourth-order valence-corrected chi connectivity index (χ4v) is 9.22. The number of hydrogen-bond donors (Lipinski definition) is 0. The molecule has 0 saturated heterocycles. The molecule has 0 N–H and O–H groups in total. The highest BCUT2D eigenvalue weighted by Gasteiger charge is 2.27. The van der Waals surface area contributed by atoms with E-state index in [1.807, 2.05) is 54.6 Å². The van der Waals surface area contributed by atoms with Crippen molar-refractivity contribution in [3.63, 3.8) is 0 Å². The molecule has 0 aliphatic rings. The number of fused-ring (bicyclic) bond motifs is 4. The van der Waals surface area contributed by atoms with Gasteiger partial charge in [-0.15, -0.1) is 0 Å². The first-order valence-electron chi connectivity index (χ1n) is 21.7. The van der Waals surface area contributed by atoms with Gasteiger partial charge in [-0.3, -0.25) is 0 Å². The quantitative estimate of drug-likeness (QED) is 0.0416. The zero-order valence-corrected chi connectivity index (χ0v) is 35.2. The van der Waals surface area contributed by atoms with E-state index in [4.69, 9.17) is 9.47 Å². The van der Waals surface area contributed by atoms with E-state index in [-0.39, 0.29) is 11.9 Å². The maximum absolute atomic E-state index is 13.9. The van der Waals surface area contributed by atoms with Gasteiger partial charge in [0.05, 0.1) is 50.4 Å². The number of aryl methyl sites for hydroxylation is 1. The lowest BCUT2D eigenvalue weighted by Gasteiger charge is -2.37. The van der Waals surface area contributed by atoms with Crippen LogP contribution in [0.15, 0.2) is 103 Å². The average Bonchev–Trinajstić information content (AvgIpc) is 3.23. The van der Waals surface area contributed by atoms with E-state index in [1.54, 1.807) is 0 Å². The van der Waals surface area contributed by atoms with Gasteiger partial charge in [0.1, 0.15) is 26.3 Å². The van der Waals surface area contributed by atoms with E-state index in [0.717, 1.165) is 130 Å². The molecule has 6 aromatic rings. The molecule has 0 amide bonds. The van der Waals surface area contributed by atoms with Crippen LogP contribution in [0.5, 0.6) is 0 Å². The Kier molecular flexibility index (Phi) is 14.4. The summed E-state index contributed by atoms with van der Waals surface area (Å²) in [6.07, 6.45) is 6.49. The molecule has 0 aliphatic heterocycles. The molecule has 6 heteroatoms. The minimum Gasteiger partial charge on any atom is -0.456 e. The lowest BCUT2D eigenvalue weighted by molar-refractivity contribution is -0.926. The second-order valence-corrected chi connectivity index (χ2v) is 16.1. The predicted octanol–water partition coefficient (Wildman–Crippen LogP) is 11.5. The van der Waals surface area contributed by atoms with Gasteiger partial charge in [-0.25, -0.2) is 9.59 Å². The molecule has 0 heterocycles. The van der Waals surface area contributed by atoms with Crippen LogP contribution in [0.4, 0.5) is 0 Å². The van der Waals surface area contributed by atoms with Gasteiger partial charge in [0.25, 0.3) is 0 Å². The van der Waals surface area contributed by atoms with E-state index < -0.39 is 0 Å². The molecule has 0 bridgehead atoms. The topological polar surface area (TPSA) is 52.6 Å². The summed E-state index contributed by atoms with van der Waals surface area (Å²) in [5, 5.41) is 7.97. The van der Waals surface area contributed by atoms with Crippen LogP contribution in [0.25, 0.3) is 43.1 Å². The molecule has 0 saturated carbocycles. The van der Waals surface area contributed by atoms with Gasteiger partial charge in [0.15, 0.2) is 0 Å². The molecular formula is C51H64N2O4+2. The zero-order valence-electron chi connectivity index (χ0n) is 35.2. The van der Waals surface area contributed by atoms with Crippen LogP contribution in [0.2, 0.25) is 0 Å². The molecular weight excluding hydrogens is 705 g/mol. The number of benzene rings is 6. The number of nitrogens with zero attached hydrogens (tertiary/aromatic N) is 2. The maximum Gasteiger partial charge on any atom is 0.339 e. The summed E-state index contributed by atoms with van der Waals surface area (Å²) in [5.41, 5.74) is 2.59. The molecule has 0 aromatic heterocycles. The van der Waals surface area contributed by atoms with Crippen molar-refractivity contribution in [3.05, 3.63) is 120 Å². The van der Waals surface area contributed by atoms with Gasteiger partial charge in [-0.05, 0) is 100 Å². The normalized spacial score (nSPS) is 13.8. The van der Waals surface area contributed by atoms with Gasteiger partial charge in [-0.1, -0.05) is 118 Å². The van der Waals surface area contributed by atoms with E-state index >= 15 is 0 Å². The van der Waals surface area contributed by atoms with Crippen molar-refractivity contribution in [1.29, 1.82) is 0 Å². The minimum absolute atomic E-state index is 0.232. The summed E-state index contributed by atoms with van der Waals surface area (Å²) < 4.78 is 14.1. The highest BCUT2D eigenvalue weighted by Crippen LogP contribution is 2.32. The van der Waals surface area contributed by atoms with Crippen LogP contribution >= 0.6 is 0 Å². The van der Waals surface area contributed by atoms with E-state index in [2.05, 4.69) is 83.1 Å². The van der Waals surface area contributed by atoms with Crippen molar-refractivity contribution < 1.29 is 28.0 Å². The third-order valence-electron chi connectivity index (χ3n) is 12.5. The third-order valence-corrected chi connectivity index (χ3v) is 12.5. The molecule has 0 radical (unpaired) electrons. The first kappa shape index (κ1) is 41.8. The summed E-state index contributed by atoms with van der Waals surface area (Å²) in [7, 11) is 0. The zero-order chi connectivity index (χ0) is 40.3. The molecule has 2 atom stereocenters. The fraction of sp³-hybridized carbons (Fsp3) is 0.412. The summed E-state index contributed by atoms with van der Waals surface area (Å²) in [5.74, 6) is -0.484. The van der Waals surface area contributed by atoms with Crippen molar-refractivity contribution in [1.82, 2.24) is 0 Å². The molecule has 2 unspecified atom stereocenters. The molecule has 6 nitrogen and oxygen atoms in total. The Balaban J connectivity index is 1.14. The summed E-state index contributed by atoms with van der Waals surface area (Å²) in [4.78, 5) is 27.7. The van der Waals surface area contributed by atoms with E-state index in [0.29, 0.717) is 24.3 Å². The molecule has 0 aliphatic carbocycles. The first-order valence-corrected chi connectivity index (χ1v) is 21.7. The molecule has 0 spiro atoms. The Labute approximate surface area is 340 Å². The van der Waals surface area contributed by atoms with Crippen LogP contribution in [-0.2, 0) is 15.9 Å². The van der Waals surface area contributed by atoms with Crippen molar-refractivity contribution in [3.8, 4) is 0 Å². The molecule has 6 aromatic carbocycles. The Bertz CT molecular complexity index is 2250. The number of esters is 2. The number of ether oxygens (including phenoxy) is 2. The fourth-order valence-electron chi connectivity index (χ4n) is 9.22. The van der Waals surface area contributed by atoms with Gasteiger partial charge < -0.3 is 18.4 Å². The number of likely N-dealkylation sites (N-methyl/N-ethyl adjacent to an activating group) is 2. The monoisotopic (exact) mass is 768 g/mol. The van der Waals surface area contributed by atoms with Gasteiger partial charge >= 0.3 is 11.9 Å². The Morgan fingerprint density at radius 1 is 0.456 bits per heavy atom. The first-order chi connectivity index (χ1) is 27.8. The second-order valence-electron chi connectivity index (χ2n) is 16.1. The highest BCUT2D eigenvalue weighted by atomic mass is 16.5. The minimum atomic E-state index is -0.252. The molecule has 57 heavy (non-hydrogen) atoms. The van der Waals surface area contributed by atoms with Crippen molar-refractivity contribution in [2.24, 2.45) is 0 Å². The number of quaternary nitrogens is 2. The summed E-state index contributed by atoms with van der Waals surface area (Å²) >= 11 is 0. The van der Waals surface area contributed by atoms with Crippen molar-refractivity contribution in [2.45, 2.75) is 73.1 Å². The average molecular weight is 769 g/mol. The molecule has 6 rings (SSSR count). The van der Waals surface area contributed by atoms with Crippen LogP contribution in [0.3, 0.4) is 0 Å². The smallest absolute Gasteiger partial charge is 0.339 e. The largest absolute Gasteiger partial charge is 0.456 e. The predicted molar refractivity (Wildman–Crippen MR) is 238 cm³/mol. The van der Waals surface area contributed by atoms with Gasteiger partial charge in [0.2, 0.25) is 0 Å². The van der Waals surface area contributed by atoms with Gasteiger partial charge in [-0.2, -0.15) is 0 Å². The standard InChI is InChI=1S/C51H64N2O4/c1-6-11-30-52(9-4,28-7-2)32-34-57-51(55)49-46-25-17-14-22-42(46)38-43-36-39(26-27-47(43)49)19-18-31-53(10-5,29-8-3)33-35-56-50(54)48-44-23-15-12-20-40(44)37-41-21-13-16-24-45(41)48/h12-17,20-27,36-38H,6-11,18-19,28-35H2,1-5H3/q+2. The van der Waals surface area contributed by atoms with Crippen LogP contribution in [0, 0.1) is 0 Å². The van der Waals surface area contributed by atoms with Crippen LogP contribution < -0.4 is 0 Å². The second kappa shape index (κ2) is 19.6.